The zero-order chi connectivity index (χ0) is 6.85. The van der Waals surface area contributed by atoms with Gasteiger partial charge in [0.25, 0.3) is 0 Å². The first-order valence-corrected chi connectivity index (χ1v) is 4.25. The van der Waals surface area contributed by atoms with Gasteiger partial charge in [-0.15, -0.1) is 0 Å². The second-order valence-electron chi connectivity index (χ2n) is 3.65. The van der Waals surface area contributed by atoms with Crippen LogP contribution in [0.1, 0.15) is 40.0 Å². The molecule has 1 aliphatic carbocycles. The Morgan fingerprint density at radius 3 is 2.11 bits per heavy atom. The van der Waals surface area contributed by atoms with E-state index in [1.54, 1.807) is 0 Å². The molecule has 0 aromatic heterocycles. The Hall–Kier alpha value is 0. The molecule has 0 aliphatic heterocycles. The average Bonchev–Trinajstić information content (AvgIpc) is 1.61. The van der Waals surface area contributed by atoms with Crippen LogP contribution in [0.2, 0.25) is 0 Å². The van der Waals surface area contributed by atoms with Crippen molar-refractivity contribution in [3.05, 3.63) is 0 Å². The van der Waals surface area contributed by atoms with Gasteiger partial charge in [0.05, 0.1) is 0 Å². The molecule has 0 spiro atoms. The minimum absolute atomic E-state index is 0.934. The normalized spacial score (nSPS) is 34.7. The summed E-state index contributed by atoms with van der Waals surface area (Å²) in [6.45, 7) is 7.03. The van der Waals surface area contributed by atoms with Gasteiger partial charge < -0.3 is 0 Å². The molecule has 0 nitrogen and oxygen atoms in total. The molecule has 0 bridgehead atoms. The van der Waals surface area contributed by atoms with E-state index in [9.17, 15) is 0 Å². The molecule has 0 unspecified atom stereocenters. The summed E-state index contributed by atoms with van der Waals surface area (Å²) in [5.74, 6) is 3.07. The van der Waals surface area contributed by atoms with E-state index in [1.165, 1.54) is 19.3 Å². The van der Waals surface area contributed by atoms with Gasteiger partial charge in [-0.1, -0.05) is 27.2 Å². The highest BCUT2D eigenvalue weighted by atomic mass is 14.4. The van der Waals surface area contributed by atoms with Gasteiger partial charge in [0.15, 0.2) is 0 Å². The van der Waals surface area contributed by atoms with Crippen molar-refractivity contribution in [1.29, 1.82) is 0 Å². The van der Waals surface area contributed by atoms with Gasteiger partial charge in [-0.2, -0.15) is 0 Å². The molecular formula is C9H18. The van der Waals surface area contributed by atoms with Crippen molar-refractivity contribution in [2.24, 2.45) is 17.8 Å². The zero-order valence-corrected chi connectivity index (χ0v) is 6.85. The molecule has 1 aliphatic rings. The van der Waals surface area contributed by atoms with Crippen LogP contribution in [0, 0.1) is 17.8 Å². The molecule has 0 aromatic carbocycles. The third-order valence-electron chi connectivity index (χ3n) is 2.86. The number of hydrogen-bond acceptors (Lipinski definition) is 0. The molecule has 0 saturated heterocycles. The molecule has 0 N–H and O–H groups in total. The predicted octanol–water partition coefficient (Wildman–Crippen LogP) is 3.08. The Kier molecular flexibility index (Phi) is 2.15. The molecule has 9 heavy (non-hydrogen) atoms. The van der Waals surface area contributed by atoms with Gasteiger partial charge in [0, 0.05) is 0 Å². The first-order chi connectivity index (χ1) is 4.25. The fourth-order valence-corrected chi connectivity index (χ4v) is 1.98. The standard InChI is InChI=1S/C9H18/c1-4-8-5-6-9(8)7(2)3/h7-9H,4-6H2,1-3H3/t8-,9-/m0/s1. The van der Waals surface area contributed by atoms with Gasteiger partial charge in [-0.25, -0.2) is 0 Å². The number of rotatable bonds is 2. The van der Waals surface area contributed by atoms with Crippen LogP contribution in [0.25, 0.3) is 0 Å². The number of hydrogen-bond donors (Lipinski definition) is 0. The lowest BCUT2D eigenvalue weighted by atomic mass is 9.67. The summed E-state index contributed by atoms with van der Waals surface area (Å²) in [7, 11) is 0. The molecule has 1 rings (SSSR count). The van der Waals surface area contributed by atoms with E-state index >= 15 is 0 Å². The zero-order valence-electron chi connectivity index (χ0n) is 6.85. The molecule has 2 atom stereocenters. The molecule has 1 saturated carbocycles. The Labute approximate surface area is 58.7 Å². The summed E-state index contributed by atoms with van der Waals surface area (Å²) >= 11 is 0. The van der Waals surface area contributed by atoms with Crippen molar-refractivity contribution in [1.82, 2.24) is 0 Å². The van der Waals surface area contributed by atoms with E-state index in [1.807, 2.05) is 0 Å². The maximum absolute atomic E-state index is 2.35. The van der Waals surface area contributed by atoms with Crippen molar-refractivity contribution in [2.45, 2.75) is 40.0 Å². The summed E-state index contributed by atoms with van der Waals surface area (Å²) in [5, 5.41) is 0. The van der Waals surface area contributed by atoms with Crippen LogP contribution in [-0.2, 0) is 0 Å². The summed E-state index contributed by atoms with van der Waals surface area (Å²) in [6, 6.07) is 0. The van der Waals surface area contributed by atoms with Crippen molar-refractivity contribution in [2.75, 3.05) is 0 Å². The summed E-state index contributed by atoms with van der Waals surface area (Å²) in [6.07, 6.45) is 4.40. The van der Waals surface area contributed by atoms with Crippen molar-refractivity contribution >= 4 is 0 Å². The fourth-order valence-electron chi connectivity index (χ4n) is 1.98. The third kappa shape index (κ3) is 1.28. The molecule has 54 valence electrons. The molecule has 0 heteroatoms. The Morgan fingerprint density at radius 2 is 2.00 bits per heavy atom. The topological polar surface area (TPSA) is 0 Å². The molecule has 0 heterocycles. The lowest BCUT2D eigenvalue weighted by molar-refractivity contribution is 0.118. The minimum atomic E-state index is 0.934. The largest absolute Gasteiger partial charge is 0.0651 e. The van der Waals surface area contributed by atoms with Gasteiger partial charge in [0.1, 0.15) is 0 Å². The minimum Gasteiger partial charge on any atom is -0.0651 e. The van der Waals surface area contributed by atoms with E-state index in [4.69, 9.17) is 0 Å². The first-order valence-electron chi connectivity index (χ1n) is 4.25. The Balaban J connectivity index is 2.27. The van der Waals surface area contributed by atoms with E-state index < -0.39 is 0 Å². The van der Waals surface area contributed by atoms with Crippen LogP contribution in [0.3, 0.4) is 0 Å². The smallest absolute Gasteiger partial charge is 0.0363 e. The predicted molar refractivity (Wildman–Crippen MR) is 41.3 cm³/mol. The molecule has 1 fully saturated rings. The van der Waals surface area contributed by atoms with E-state index in [2.05, 4.69) is 20.8 Å². The second kappa shape index (κ2) is 2.72. The second-order valence-corrected chi connectivity index (χ2v) is 3.65. The van der Waals surface area contributed by atoms with Gasteiger partial charge in [-0.3, -0.25) is 0 Å². The molecule has 0 aromatic rings. The van der Waals surface area contributed by atoms with Crippen LogP contribution in [0.4, 0.5) is 0 Å². The SMILES string of the molecule is CC[C@H]1CC[C@H]1C(C)C. The van der Waals surface area contributed by atoms with E-state index in [-0.39, 0.29) is 0 Å². The van der Waals surface area contributed by atoms with Crippen molar-refractivity contribution in [3.63, 3.8) is 0 Å². The van der Waals surface area contributed by atoms with Crippen molar-refractivity contribution < 1.29 is 0 Å². The highest BCUT2D eigenvalue weighted by Crippen LogP contribution is 2.41. The average molecular weight is 126 g/mol. The Morgan fingerprint density at radius 1 is 1.33 bits per heavy atom. The van der Waals surface area contributed by atoms with Crippen LogP contribution < -0.4 is 0 Å². The molecular weight excluding hydrogens is 108 g/mol. The monoisotopic (exact) mass is 126 g/mol. The summed E-state index contributed by atoms with van der Waals surface area (Å²) in [5.41, 5.74) is 0. The van der Waals surface area contributed by atoms with Gasteiger partial charge in [-0.05, 0) is 30.6 Å². The van der Waals surface area contributed by atoms with E-state index in [0.717, 1.165) is 17.8 Å². The van der Waals surface area contributed by atoms with Crippen LogP contribution in [0.15, 0.2) is 0 Å². The first kappa shape index (κ1) is 7.11. The maximum Gasteiger partial charge on any atom is -0.0363 e. The van der Waals surface area contributed by atoms with Gasteiger partial charge >= 0.3 is 0 Å². The fraction of sp³-hybridized carbons (Fsp3) is 1.00. The van der Waals surface area contributed by atoms with Crippen molar-refractivity contribution in [3.8, 4) is 0 Å². The lowest BCUT2D eigenvalue weighted by Gasteiger charge is -2.39. The highest BCUT2D eigenvalue weighted by molar-refractivity contribution is 4.81. The van der Waals surface area contributed by atoms with Crippen LogP contribution in [-0.4, -0.2) is 0 Å². The molecule has 0 amide bonds. The van der Waals surface area contributed by atoms with E-state index in [0.29, 0.717) is 0 Å². The molecule has 0 radical (unpaired) electrons. The summed E-state index contributed by atoms with van der Waals surface area (Å²) in [4.78, 5) is 0. The third-order valence-corrected chi connectivity index (χ3v) is 2.86. The quantitative estimate of drug-likeness (QED) is 0.533. The maximum atomic E-state index is 2.35. The van der Waals surface area contributed by atoms with Crippen LogP contribution >= 0.6 is 0 Å². The van der Waals surface area contributed by atoms with Gasteiger partial charge in [0.2, 0.25) is 0 Å². The summed E-state index contributed by atoms with van der Waals surface area (Å²) < 4.78 is 0. The Bertz CT molecular complexity index is 82.0. The van der Waals surface area contributed by atoms with Crippen LogP contribution in [0.5, 0.6) is 0 Å². The lowest BCUT2D eigenvalue weighted by Crippen LogP contribution is -2.29. The highest BCUT2D eigenvalue weighted by Gasteiger charge is 2.30.